The van der Waals surface area contributed by atoms with Crippen molar-refractivity contribution >= 4 is 22.5 Å². The molecule has 0 bridgehead atoms. The second-order valence-corrected chi connectivity index (χ2v) is 14.4. The predicted molar refractivity (Wildman–Crippen MR) is 238 cm³/mol. The number of fused-ring (bicyclic) bond motifs is 13. The van der Waals surface area contributed by atoms with Gasteiger partial charge in [-0.2, -0.15) is 0 Å². The van der Waals surface area contributed by atoms with Crippen LogP contribution in [0.15, 0.2) is 219 Å². The van der Waals surface area contributed by atoms with Gasteiger partial charge in [0.2, 0.25) is 0 Å². The smallest absolute Gasteiger partial charge is 0.0467 e. The van der Waals surface area contributed by atoms with Crippen molar-refractivity contribution < 1.29 is 0 Å². The van der Waals surface area contributed by atoms with Crippen molar-refractivity contribution in [3.63, 3.8) is 0 Å². The minimum atomic E-state index is 0.872. The van der Waals surface area contributed by atoms with Crippen molar-refractivity contribution in [2.24, 2.45) is 0 Å². The van der Waals surface area contributed by atoms with Crippen LogP contribution in [0.25, 0.3) is 77.9 Å². The van der Waals surface area contributed by atoms with E-state index in [9.17, 15) is 0 Å². The molecule has 0 heterocycles. The summed E-state index contributed by atoms with van der Waals surface area (Å²) >= 11 is 0. The molecular formula is C55H39N. The number of allylic oxidation sites excluding steroid dienone is 4. The van der Waals surface area contributed by atoms with Gasteiger partial charge in [-0.1, -0.05) is 183 Å². The average Bonchev–Trinajstić information content (AvgIpc) is 3.26. The first kappa shape index (κ1) is 33.4. The molecule has 8 aromatic rings. The molecule has 10 rings (SSSR count). The number of hydrogen-bond acceptors (Lipinski definition) is 1. The molecule has 0 saturated heterocycles. The molecule has 0 aliphatic heterocycles. The lowest BCUT2D eigenvalue weighted by Gasteiger charge is -2.30. The fourth-order valence-corrected chi connectivity index (χ4v) is 8.89. The number of hydrogen-bond donors (Lipinski definition) is 0. The van der Waals surface area contributed by atoms with Gasteiger partial charge >= 0.3 is 0 Å². The van der Waals surface area contributed by atoms with E-state index in [0.29, 0.717) is 0 Å². The largest absolute Gasteiger partial charge is 0.311 e. The molecule has 0 N–H and O–H groups in total. The SMILES string of the molecule is C=C(C=C1/C(=C\C)c2ccccc2-c2ccccc2-c2ccccc21)N(c1ccccc1)c1ccc2c(c1)-c1ccccc1-c1ccccc1-c1ccccc1-2. The number of nitrogens with zero attached hydrogens (tertiary/aromatic N) is 1. The summed E-state index contributed by atoms with van der Waals surface area (Å²) in [5, 5.41) is 0. The summed E-state index contributed by atoms with van der Waals surface area (Å²) in [7, 11) is 0. The molecule has 0 fully saturated rings. The van der Waals surface area contributed by atoms with Crippen LogP contribution in [0.1, 0.15) is 18.1 Å². The van der Waals surface area contributed by atoms with Crippen molar-refractivity contribution in [3.8, 4) is 66.8 Å². The maximum absolute atomic E-state index is 4.88. The van der Waals surface area contributed by atoms with Crippen LogP contribution in [0.5, 0.6) is 0 Å². The van der Waals surface area contributed by atoms with Crippen LogP contribution in [0, 0.1) is 0 Å². The maximum Gasteiger partial charge on any atom is 0.0467 e. The summed E-state index contributed by atoms with van der Waals surface area (Å²) in [5.74, 6) is 0. The van der Waals surface area contributed by atoms with Gasteiger partial charge in [-0.3, -0.25) is 0 Å². The molecule has 0 atom stereocenters. The molecule has 0 amide bonds. The number of para-hydroxylation sites is 1. The van der Waals surface area contributed by atoms with Gasteiger partial charge in [0.25, 0.3) is 0 Å². The lowest BCUT2D eigenvalue weighted by atomic mass is 9.79. The van der Waals surface area contributed by atoms with Crippen LogP contribution in [0.3, 0.4) is 0 Å². The van der Waals surface area contributed by atoms with Gasteiger partial charge in [0.05, 0.1) is 0 Å². The first-order valence-corrected chi connectivity index (χ1v) is 19.3. The Morgan fingerprint density at radius 3 is 1.07 bits per heavy atom. The minimum absolute atomic E-state index is 0.872. The molecule has 0 spiro atoms. The summed E-state index contributed by atoms with van der Waals surface area (Å²) in [6, 6.07) is 70.4. The van der Waals surface area contributed by atoms with Gasteiger partial charge in [0.15, 0.2) is 0 Å². The van der Waals surface area contributed by atoms with E-state index in [1.54, 1.807) is 0 Å². The first-order valence-electron chi connectivity index (χ1n) is 19.3. The Kier molecular flexibility index (Phi) is 8.27. The van der Waals surface area contributed by atoms with Gasteiger partial charge in [-0.15, -0.1) is 0 Å². The number of anilines is 2. The Labute approximate surface area is 329 Å². The molecule has 2 aliphatic rings. The van der Waals surface area contributed by atoms with Crippen molar-refractivity contribution in [2.45, 2.75) is 6.92 Å². The highest BCUT2D eigenvalue weighted by Crippen LogP contribution is 2.50. The highest BCUT2D eigenvalue weighted by atomic mass is 15.1. The summed E-state index contributed by atoms with van der Waals surface area (Å²) in [4.78, 5) is 2.31. The molecule has 1 nitrogen and oxygen atoms in total. The van der Waals surface area contributed by atoms with E-state index >= 15 is 0 Å². The molecular weight excluding hydrogens is 675 g/mol. The monoisotopic (exact) mass is 713 g/mol. The van der Waals surface area contributed by atoms with Crippen molar-refractivity contribution in [3.05, 3.63) is 230 Å². The van der Waals surface area contributed by atoms with E-state index in [0.717, 1.165) is 22.6 Å². The predicted octanol–water partition coefficient (Wildman–Crippen LogP) is 15.2. The zero-order chi connectivity index (χ0) is 37.6. The lowest BCUT2D eigenvalue weighted by Crippen LogP contribution is -2.15. The van der Waals surface area contributed by atoms with Crippen LogP contribution in [-0.4, -0.2) is 0 Å². The molecule has 0 saturated carbocycles. The number of rotatable bonds is 4. The second-order valence-electron chi connectivity index (χ2n) is 14.4. The first-order chi connectivity index (χ1) is 27.7. The van der Waals surface area contributed by atoms with Crippen molar-refractivity contribution in [1.29, 1.82) is 0 Å². The highest BCUT2D eigenvalue weighted by molar-refractivity contribution is 6.13. The fourth-order valence-electron chi connectivity index (χ4n) is 8.89. The van der Waals surface area contributed by atoms with Crippen LogP contribution < -0.4 is 4.90 Å². The molecule has 264 valence electrons. The topological polar surface area (TPSA) is 3.24 Å². The van der Waals surface area contributed by atoms with Gasteiger partial charge in [0.1, 0.15) is 0 Å². The third kappa shape index (κ3) is 5.48. The normalized spacial score (nSPS) is 13.6. The van der Waals surface area contributed by atoms with Crippen molar-refractivity contribution in [1.82, 2.24) is 0 Å². The van der Waals surface area contributed by atoms with Crippen LogP contribution in [-0.2, 0) is 0 Å². The zero-order valence-corrected chi connectivity index (χ0v) is 31.3. The van der Waals surface area contributed by atoms with Gasteiger partial charge in [-0.25, -0.2) is 0 Å². The summed E-state index contributed by atoms with van der Waals surface area (Å²) in [6.45, 7) is 7.02. The molecule has 0 aromatic heterocycles. The Hall–Kier alpha value is -7.22. The van der Waals surface area contributed by atoms with E-state index in [-0.39, 0.29) is 0 Å². The Balaban J connectivity index is 1.20. The van der Waals surface area contributed by atoms with Gasteiger partial charge < -0.3 is 4.90 Å². The van der Waals surface area contributed by atoms with Crippen LogP contribution in [0.4, 0.5) is 11.4 Å². The molecule has 56 heavy (non-hydrogen) atoms. The van der Waals surface area contributed by atoms with Crippen molar-refractivity contribution in [2.75, 3.05) is 4.90 Å². The molecule has 0 unspecified atom stereocenters. The Morgan fingerprint density at radius 1 is 0.339 bits per heavy atom. The Morgan fingerprint density at radius 2 is 0.661 bits per heavy atom. The summed E-state index contributed by atoms with van der Waals surface area (Å²) < 4.78 is 0. The molecule has 0 radical (unpaired) electrons. The number of benzene rings is 8. The van der Waals surface area contributed by atoms with E-state index < -0.39 is 0 Å². The fraction of sp³-hybridized carbons (Fsp3) is 0.0182. The van der Waals surface area contributed by atoms with E-state index in [1.807, 2.05) is 0 Å². The van der Waals surface area contributed by atoms with Gasteiger partial charge in [-0.05, 0) is 126 Å². The lowest BCUT2D eigenvalue weighted by molar-refractivity contribution is 1.22. The minimum Gasteiger partial charge on any atom is -0.311 e. The standard InChI is InChI=1S/C55H39N/c1-3-40-41-21-7-8-22-42(41)43-23-9-11-25-45(43)48-28-15-17-31-51(48)54(40)35-37(2)56(38-19-5-4-6-20-38)39-33-34-53-50-30-14-13-27-47(50)44-24-10-12-26-46(44)49-29-16-18-32-52(49)55(53)36-39/h3-36H,2H2,1H3/b40-3-,47-44?,49-46?,53-50?,54-35?,55-52?. The summed E-state index contributed by atoms with van der Waals surface area (Å²) in [5.41, 5.74) is 22.4. The zero-order valence-electron chi connectivity index (χ0n) is 31.3. The van der Waals surface area contributed by atoms with E-state index in [1.165, 1.54) is 83.5 Å². The third-order valence-electron chi connectivity index (χ3n) is 11.3. The van der Waals surface area contributed by atoms with Crippen LogP contribution >= 0.6 is 0 Å². The molecule has 8 aromatic carbocycles. The third-order valence-corrected chi connectivity index (χ3v) is 11.3. The quantitative estimate of drug-likeness (QED) is 0.175. The van der Waals surface area contributed by atoms with E-state index in [4.69, 9.17) is 6.58 Å². The summed E-state index contributed by atoms with van der Waals surface area (Å²) in [6.07, 6.45) is 4.55. The molecule has 1 heteroatoms. The molecule has 2 aliphatic carbocycles. The highest BCUT2D eigenvalue weighted by Gasteiger charge is 2.26. The maximum atomic E-state index is 4.88. The average molecular weight is 714 g/mol. The van der Waals surface area contributed by atoms with E-state index in [2.05, 4.69) is 218 Å². The van der Waals surface area contributed by atoms with Crippen LogP contribution in [0.2, 0.25) is 0 Å². The Bertz CT molecular complexity index is 2880. The van der Waals surface area contributed by atoms with Gasteiger partial charge in [0, 0.05) is 17.1 Å². The second kappa shape index (κ2) is 13.9.